The molecule has 0 spiro atoms. The molecule has 20 heavy (non-hydrogen) atoms. The van der Waals surface area contributed by atoms with Crippen LogP contribution in [-0.4, -0.2) is 23.2 Å². The van der Waals surface area contributed by atoms with Crippen molar-refractivity contribution in [3.8, 4) is 5.88 Å². The zero-order valence-electron chi connectivity index (χ0n) is 10.6. The molecule has 0 aliphatic carbocycles. The summed E-state index contributed by atoms with van der Waals surface area (Å²) in [6.45, 7) is 1.50. The molecule has 0 saturated carbocycles. The van der Waals surface area contributed by atoms with E-state index in [4.69, 9.17) is 9.84 Å². The summed E-state index contributed by atoms with van der Waals surface area (Å²) >= 11 is 0. The maximum Gasteiger partial charge on any atom is 0.416 e. The summed E-state index contributed by atoms with van der Waals surface area (Å²) in [5, 5.41) is 9.46. The highest BCUT2D eigenvalue weighted by Crippen LogP contribution is 2.33. The van der Waals surface area contributed by atoms with Crippen molar-refractivity contribution in [3.05, 3.63) is 34.9 Å². The number of ether oxygens (including phenoxy) is 1. The fourth-order valence-corrected chi connectivity index (χ4v) is 1.98. The van der Waals surface area contributed by atoms with Gasteiger partial charge in [0.2, 0.25) is 5.88 Å². The summed E-state index contributed by atoms with van der Waals surface area (Å²) in [6, 6.07) is 2.98. The van der Waals surface area contributed by atoms with Gasteiger partial charge in [0.1, 0.15) is 5.56 Å². The van der Waals surface area contributed by atoms with Crippen molar-refractivity contribution in [1.29, 1.82) is 0 Å². The Labute approximate surface area is 111 Å². The monoisotopic (exact) mass is 285 g/mol. The fraction of sp³-hybridized carbons (Fsp3) is 0.231. The Morgan fingerprint density at radius 3 is 2.50 bits per heavy atom. The van der Waals surface area contributed by atoms with Crippen LogP contribution in [0.1, 0.15) is 21.5 Å². The second-order valence-electron chi connectivity index (χ2n) is 4.16. The van der Waals surface area contributed by atoms with E-state index in [-0.39, 0.29) is 17.0 Å². The minimum absolute atomic E-state index is 0.0409. The predicted octanol–water partition coefficient (Wildman–Crippen LogP) is 3.27. The topological polar surface area (TPSA) is 59.4 Å². The molecule has 1 heterocycles. The van der Waals surface area contributed by atoms with E-state index in [0.29, 0.717) is 10.9 Å². The number of nitrogens with zero attached hydrogens (tertiary/aromatic N) is 1. The lowest BCUT2D eigenvalue weighted by Crippen LogP contribution is -2.08. The molecule has 7 heteroatoms. The van der Waals surface area contributed by atoms with E-state index < -0.39 is 17.7 Å². The number of aromatic carboxylic acids is 1. The third-order valence-electron chi connectivity index (χ3n) is 2.95. The third-order valence-corrected chi connectivity index (χ3v) is 2.95. The number of carboxylic acids is 1. The van der Waals surface area contributed by atoms with Crippen LogP contribution in [0.3, 0.4) is 0 Å². The smallest absolute Gasteiger partial charge is 0.416 e. The second kappa shape index (κ2) is 4.66. The number of carbonyl (C=O) groups is 1. The van der Waals surface area contributed by atoms with Crippen LogP contribution in [-0.2, 0) is 6.18 Å². The van der Waals surface area contributed by atoms with E-state index in [1.54, 1.807) is 0 Å². The summed E-state index contributed by atoms with van der Waals surface area (Å²) < 4.78 is 42.8. The van der Waals surface area contributed by atoms with Gasteiger partial charge < -0.3 is 9.84 Å². The molecule has 0 atom stereocenters. The Balaban J connectivity index is 2.80. The molecule has 1 N–H and O–H groups in total. The molecule has 2 aromatic rings. The zero-order chi connectivity index (χ0) is 15.1. The van der Waals surface area contributed by atoms with Gasteiger partial charge in [-0.15, -0.1) is 0 Å². The second-order valence-corrected chi connectivity index (χ2v) is 4.16. The van der Waals surface area contributed by atoms with E-state index >= 15 is 0 Å². The Morgan fingerprint density at radius 2 is 2.00 bits per heavy atom. The number of alkyl halides is 3. The molecule has 1 aromatic heterocycles. The minimum Gasteiger partial charge on any atom is -0.480 e. The quantitative estimate of drug-likeness (QED) is 0.920. The van der Waals surface area contributed by atoms with Crippen LogP contribution in [0.4, 0.5) is 13.2 Å². The van der Waals surface area contributed by atoms with Gasteiger partial charge >= 0.3 is 12.1 Å². The van der Waals surface area contributed by atoms with Crippen LogP contribution in [0, 0.1) is 6.92 Å². The van der Waals surface area contributed by atoms with E-state index in [0.717, 1.165) is 12.1 Å². The lowest BCUT2D eigenvalue weighted by molar-refractivity contribution is -0.137. The third kappa shape index (κ3) is 2.26. The van der Waals surface area contributed by atoms with Crippen molar-refractivity contribution in [3.63, 3.8) is 0 Å². The van der Waals surface area contributed by atoms with Crippen LogP contribution in [0.2, 0.25) is 0 Å². The first-order valence-electron chi connectivity index (χ1n) is 5.54. The SMILES string of the molecule is COc1nc2cc(C(F)(F)F)ccc2c(C)c1C(=O)O. The lowest BCUT2D eigenvalue weighted by atomic mass is 10.0. The highest BCUT2D eigenvalue weighted by atomic mass is 19.4. The zero-order valence-corrected chi connectivity index (χ0v) is 10.6. The van der Waals surface area contributed by atoms with Crippen molar-refractivity contribution in [2.45, 2.75) is 13.1 Å². The van der Waals surface area contributed by atoms with Gasteiger partial charge in [0.15, 0.2) is 0 Å². The highest BCUT2D eigenvalue weighted by Gasteiger charge is 2.31. The molecule has 4 nitrogen and oxygen atoms in total. The van der Waals surface area contributed by atoms with Crippen molar-refractivity contribution in [1.82, 2.24) is 4.98 Å². The van der Waals surface area contributed by atoms with Gasteiger partial charge in [0.25, 0.3) is 0 Å². The molecule has 0 saturated heterocycles. The summed E-state index contributed by atoms with van der Waals surface area (Å²) in [6.07, 6.45) is -4.48. The van der Waals surface area contributed by atoms with Crippen LogP contribution >= 0.6 is 0 Å². The molecule has 0 fully saturated rings. The lowest BCUT2D eigenvalue weighted by Gasteiger charge is -2.12. The number of carboxylic acid groups (broad SMARTS) is 1. The van der Waals surface area contributed by atoms with Crippen LogP contribution < -0.4 is 4.74 Å². The fourth-order valence-electron chi connectivity index (χ4n) is 1.98. The van der Waals surface area contributed by atoms with Gasteiger partial charge in [0.05, 0.1) is 18.2 Å². The van der Waals surface area contributed by atoms with Gasteiger partial charge in [0, 0.05) is 5.39 Å². The van der Waals surface area contributed by atoms with E-state index in [9.17, 15) is 18.0 Å². The predicted molar refractivity (Wildman–Crippen MR) is 65.0 cm³/mol. The van der Waals surface area contributed by atoms with Gasteiger partial charge in [-0.25, -0.2) is 9.78 Å². The first kappa shape index (κ1) is 14.1. The summed E-state index contributed by atoms with van der Waals surface area (Å²) in [5.41, 5.74) is -0.644. The van der Waals surface area contributed by atoms with Crippen molar-refractivity contribution in [2.75, 3.05) is 7.11 Å². The molecule has 0 radical (unpaired) electrons. The average Bonchev–Trinajstić information content (AvgIpc) is 2.36. The number of hydrogen-bond acceptors (Lipinski definition) is 3. The average molecular weight is 285 g/mol. The van der Waals surface area contributed by atoms with Crippen LogP contribution in [0.25, 0.3) is 10.9 Å². The molecule has 0 aliphatic rings. The number of aryl methyl sites for hydroxylation is 1. The van der Waals surface area contributed by atoms with E-state index in [1.807, 2.05) is 0 Å². The molecule has 0 bridgehead atoms. The molecule has 0 aliphatic heterocycles. The minimum atomic E-state index is -4.48. The number of benzene rings is 1. The molecule has 2 rings (SSSR count). The largest absolute Gasteiger partial charge is 0.480 e. The van der Waals surface area contributed by atoms with Gasteiger partial charge in [-0.05, 0) is 24.6 Å². The first-order chi connectivity index (χ1) is 9.25. The number of methoxy groups -OCH3 is 1. The molecule has 0 amide bonds. The Kier molecular flexibility index (Phi) is 3.29. The summed E-state index contributed by atoms with van der Waals surface area (Å²) in [4.78, 5) is 15.0. The van der Waals surface area contributed by atoms with Gasteiger partial charge in [-0.1, -0.05) is 6.07 Å². The molecular weight excluding hydrogens is 275 g/mol. The number of fused-ring (bicyclic) bond motifs is 1. The Morgan fingerprint density at radius 1 is 1.35 bits per heavy atom. The van der Waals surface area contributed by atoms with Crippen LogP contribution in [0.15, 0.2) is 18.2 Å². The van der Waals surface area contributed by atoms with E-state index in [1.165, 1.54) is 20.1 Å². The van der Waals surface area contributed by atoms with Crippen LogP contribution in [0.5, 0.6) is 5.88 Å². The van der Waals surface area contributed by atoms with Crippen molar-refractivity contribution in [2.24, 2.45) is 0 Å². The maximum atomic E-state index is 12.7. The first-order valence-corrected chi connectivity index (χ1v) is 5.54. The number of rotatable bonds is 2. The standard InChI is InChI=1S/C13H10F3NO3/c1-6-8-4-3-7(13(14,15)16)5-9(8)17-11(20-2)10(6)12(18)19/h3-5H,1-2H3,(H,18,19). The maximum absolute atomic E-state index is 12.7. The number of pyridine rings is 1. The summed E-state index contributed by atoms with van der Waals surface area (Å²) in [5.74, 6) is -1.45. The van der Waals surface area contributed by atoms with Crippen molar-refractivity contribution >= 4 is 16.9 Å². The summed E-state index contributed by atoms with van der Waals surface area (Å²) in [7, 11) is 1.22. The molecule has 1 aromatic carbocycles. The Hall–Kier alpha value is -2.31. The molecular formula is C13H10F3NO3. The highest BCUT2D eigenvalue weighted by molar-refractivity contribution is 5.98. The molecule has 0 unspecified atom stereocenters. The number of aromatic nitrogens is 1. The Bertz CT molecular complexity index is 695. The van der Waals surface area contributed by atoms with Gasteiger partial charge in [-0.3, -0.25) is 0 Å². The molecule has 106 valence electrons. The van der Waals surface area contributed by atoms with E-state index in [2.05, 4.69) is 4.98 Å². The van der Waals surface area contributed by atoms with Gasteiger partial charge in [-0.2, -0.15) is 13.2 Å². The number of halogens is 3. The van der Waals surface area contributed by atoms with Crippen molar-refractivity contribution < 1.29 is 27.8 Å². The number of hydrogen-bond donors (Lipinski definition) is 1. The normalized spacial score (nSPS) is 11.7.